The second-order valence-electron chi connectivity index (χ2n) is 8.24. The van der Waals surface area contributed by atoms with Crippen molar-refractivity contribution in [2.75, 3.05) is 0 Å². The van der Waals surface area contributed by atoms with Gasteiger partial charge in [-0.15, -0.1) is 0 Å². The molecule has 0 bridgehead atoms. The fourth-order valence-corrected chi connectivity index (χ4v) is 4.23. The number of rotatable bonds is 5. The van der Waals surface area contributed by atoms with Gasteiger partial charge in [0.1, 0.15) is 17.1 Å². The first-order valence-electron chi connectivity index (χ1n) is 10.1. The van der Waals surface area contributed by atoms with E-state index in [9.17, 15) is 5.11 Å². The van der Waals surface area contributed by atoms with Crippen LogP contribution in [0, 0.1) is 6.92 Å². The highest BCUT2D eigenvalue weighted by molar-refractivity contribution is 5.90. The minimum Gasteiger partial charge on any atom is -0.506 e. The maximum atomic E-state index is 11.4. The Morgan fingerprint density at radius 1 is 1.14 bits per heavy atom. The molecule has 4 nitrogen and oxygen atoms in total. The number of aryl methyl sites for hydroxylation is 2. The van der Waals surface area contributed by atoms with E-state index >= 15 is 0 Å². The second kappa shape index (κ2) is 7.01. The van der Waals surface area contributed by atoms with E-state index in [1.807, 2.05) is 6.20 Å². The molecule has 0 aliphatic carbocycles. The number of hydrogen-bond donors (Lipinski definition) is 2. The first kappa shape index (κ1) is 18.6. The molecule has 0 fully saturated rings. The number of fused-ring (bicyclic) bond motifs is 3. The molecule has 1 aliphatic rings. The SMILES string of the molecule is CCCCCc1cc2c(c(O)c1-c1cn[nH]c1)-c1cc(C)ccc1C(C)(C)O2. The van der Waals surface area contributed by atoms with Gasteiger partial charge in [0.15, 0.2) is 0 Å². The number of aromatic nitrogens is 2. The lowest BCUT2D eigenvalue weighted by Gasteiger charge is -2.36. The fraction of sp³-hybridized carbons (Fsp3) is 0.375. The minimum absolute atomic E-state index is 0.285. The van der Waals surface area contributed by atoms with E-state index < -0.39 is 5.60 Å². The number of phenols is 1. The average molecular weight is 377 g/mol. The molecule has 3 aromatic rings. The normalized spacial score (nSPS) is 14.3. The predicted octanol–water partition coefficient (Wildman–Crippen LogP) is 6.12. The molecule has 0 spiro atoms. The van der Waals surface area contributed by atoms with Crippen molar-refractivity contribution in [2.45, 2.75) is 59.0 Å². The summed E-state index contributed by atoms with van der Waals surface area (Å²) in [6.45, 7) is 8.45. The molecule has 2 aromatic carbocycles. The standard InChI is InChI=1S/C24H28N2O2/c1-5-6-7-8-16-12-20-22(23(27)21(16)17-13-25-26-14-17)18-11-15(2)9-10-19(18)24(3,4)28-20/h9-14,27H,5-8H2,1-4H3,(H,25,26). The molecular weight excluding hydrogens is 348 g/mol. The van der Waals surface area contributed by atoms with Crippen LogP contribution in [0.2, 0.25) is 0 Å². The van der Waals surface area contributed by atoms with Crippen LogP contribution in [-0.2, 0) is 12.0 Å². The van der Waals surface area contributed by atoms with Gasteiger partial charge in [-0.2, -0.15) is 5.10 Å². The Balaban J connectivity index is 1.96. The van der Waals surface area contributed by atoms with Crippen molar-refractivity contribution in [3.63, 3.8) is 0 Å². The van der Waals surface area contributed by atoms with Crippen LogP contribution in [0.1, 0.15) is 56.7 Å². The van der Waals surface area contributed by atoms with Crippen molar-refractivity contribution >= 4 is 0 Å². The molecule has 2 N–H and O–H groups in total. The topological polar surface area (TPSA) is 58.1 Å². The summed E-state index contributed by atoms with van der Waals surface area (Å²) in [5, 5.41) is 18.4. The molecule has 2 heterocycles. The molecule has 0 saturated heterocycles. The van der Waals surface area contributed by atoms with Crippen LogP contribution >= 0.6 is 0 Å². The third kappa shape index (κ3) is 3.07. The second-order valence-corrected chi connectivity index (χ2v) is 8.24. The number of hydrogen-bond acceptors (Lipinski definition) is 3. The lowest BCUT2D eigenvalue weighted by Crippen LogP contribution is -2.29. The van der Waals surface area contributed by atoms with Crippen LogP contribution in [0.5, 0.6) is 11.5 Å². The molecule has 0 atom stereocenters. The molecule has 0 saturated carbocycles. The molecule has 4 heteroatoms. The van der Waals surface area contributed by atoms with Gasteiger partial charge in [-0.1, -0.05) is 43.5 Å². The average Bonchev–Trinajstić information content (AvgIpc) is 3.15. The largest absolute Gasteiger partial charge is 0.506 e. The zero-order chi connectivity index (χ0) is 19.9. The van der Waals surface area contributed by atoms with Crippen LogP contribution in [-0.4, -0.2) is 15.3 Å². The molecular formula is C24H28N2O2. The lowest BCUT2D eigenvalue weighted by atomic mass is 9.82. The van der Waals surface area contributed by atoms with Gasteiger partial charge in [-0.05, 0) is 50.8 Å². The maximum absolute atomic E-state index is 11.4. The molecule has 28 heavy (non-hydrogen) atoms. The van der Waals surface area contributed by atoms with Crippen LogP contribution in [0.15, 0.2) is 36.7 Å². The Morgan fingerprint density at radius 2 is 1.96 bits per heavy atom. The summed E-state index contributed by atoms with van der Waals surface area (Å²) in [5.41, 5.74) is 6.53. The number of phenolic OH excluding ortho intramolecular Hbond substituents is 1. The summed E-state index contributed by atoms with van der Waals surface area (Å²) in [7, 11) is 0. The van der Waals surface area contributed by atoms with Crippen molar-refractivity contribution in [1.29, 1.82) is 0 Å². The van der Waals surface area contributed by atoms with Crippen molar-refractivity contribution in [2.24, 2.45) is 0 Å². The van der Waals surface area contributed by atoms with Crippen molar-refractivity contribution in [3.05, 3.63) is 53.3 Å². The summed E-state index contributed by atoms with van der Waals surface area (Å²) in [5.74, 6) is 1.05. The monoisotopic (exact) mass is 376 g/mol. The number of aromatic hydroxyl groups is 1. The van der Waals surface area contributed by atoms with E-state index in [2.05, 4.69) is 62.2 Å². The number of unbranched alkanes of at least 4 members (excludes halogenated alkanes) is 2. The zero-order valence-corrected chi connectivity index (χ0v) is 17.1. The van der Waals surface area contributed by atoms with Crippen LogP contribution in [0.3, 0.4) is 0 Å². The molecule has 4 rings (SSSR count). The molecule has 1 aromatic heterocycles. The minimum atomic E-state index is -0.444. The van der Waals surface area contributed by atoms with Crippen molar-refractivity contribution < 1.29 is 9.84 Å². The summed E-state index contributed by atoms with van der Waals surface area (Å²) in [6.07, 6.45) is 7.93. The Morgan fingerprint density at radius 3 is 2.68 bits per heavy atom. The quantitative estimate of drug-likeness (QED) is 0.528. The van der Waals surface area contributed by atoms with Gasteiger partial charge < -0.3 is 9.84 Å². The van der Waals surface area contributed by atoms with Crippen LogP contribution < -0.4 is 4.74 Å². The highest BCUT2D eigenvalue weighted by Gasteiger charge is 2.35. The van der Waals surface area contributed by atoms with Gasteiger partial charge in [-0.3, -0.25) is 5.10 Å². The van der Waals surface area contributed by atoms with Crippen LogP contribution in [0.25, 0.3) is 22.3 Å². The number of ether oxygens (including phenoxy) is 1. The smallest absolute Gasteiger partial charge is 0.135 e. The Bertz CT molecular complexity index is 1000. The lowest BCUT2D eigenvalue weighted by molar-refractivity contribution is 0.105. The van der Waals surface area contributed by atoms with E-state index in [1.54, 1.807) is 6.20 Å². The van der Waals surface area contributed by atoms with E-state index in [4.69, 9.17) is 4.74 Å². The van der Waals surface area contributed by atoms with Gasteiger partial charge in [0.2, 0.25) is 0 Å². The van der Waals surface area contributed by atoms with Crippen molar-refractivity contribution in [3.8, 4) is 33.8 Å². The van der Waals surface area contributed by atoms with E-state index in [1.165, 1.54) is 5.56 Å². The van der Waals surface area contributed by atoms with Crippen LogP contribution in [0.4, 0.5) is 0 Å². The number of nitrogens with zero attached hydrogens (tertiary/aromatic N) is 1. The first-order chi connectivity index (χ1) is 13.4. The fourth-order valence-electron chi connectivity index (χ4n) is 4.23. The third-order valence-electron chi connectivity index (χ3n) is 5.64. The number of H-pyrrole nitrogens is 1. The first-order valence-corrected chi connectivity index (χ1v) is 10.1. The summed E-state index contributed by atoms with van der Waals surface area (Å²) in [4.78, 5) is 0. The van der Waals surface area contributed by atoms with Gasteiger partial charge in [0, 0.05) is 22.9 Å². The van der Waals surface area contributed by atoms with Gasteiger partial charge >= 0.3 is 0 Å². The Hall–Kier alpha value is -2.75. The molecule has 0 amide bonds. The highest BCUT2D eigenvalue weighted by Crippen LogP contribution is 2.53. The number of aromatic amines is 1. The van der Waals surface area contributed by atoms with E-state index in [0.717, 1.165) is 64.8 Å². The maximum Gasteiger partial charge on any atom is 0.135 e. The third-order valence-corrected chi connectivity index (χ3v) is 5.64. The number of benzene rings is 2. The predicted molar refractivity (Wildman–Crippen MR) is 113 cm³/mol. The van der Waals surface area contributed by atoms with E-state index in [-0.39, 0.29) is 5.75 Å². The van der Waals surface area contributed by atoms with Gasteiger partial charge in [0.05, 0.1) is 11.8 Å². The van der Waals surface area contributed by atoms with Gasteiger partial charge in [0.25, 0.3) is 0 Å². The van der Waals surface area contributed by atoms with E-state index in [0.29, 0.717) is 0 Å². The Kier molecular flexibility index (Phi) is 4.66. The summed E-state index contributed by atoms with van der Waals surface area (Å²) >= 11 is 0. The highest BCUT2D eigenvalue weighted by atomic mass is 16.5. The summed E-state index contributed by atoms with van der Waals surface area (Å²) in [6, 6.07) is 8.48. The zero-order valence-electron chi connectivity index (χ0n) is 17.1. The molecule has 146 valence electrons. The Labute approximate surface area is 166 Å². The van der Waals surface area contributed by atoms with Crippen molar-refractivity contribution in [1.82, 2.24) is 10.2 Å². The molecule has 0 unspecified atom stereocenters. The number of nitrogens with one attached hydrogen (secondary N) is 1. The molecule has 0 radical (unpaired) electrons. The summed E-state index contributed by atoms with van der Waals surface area (Å²) < 4.78 is 6.40. The van der Waals surface area contributed by atoms with Gasteiger partial charge in [-0.25, -0.2) is 0 Å². The molecule has 1 aliphatic heterocycles.